The molecule has 2 unspecified atom stereocenters. The minimum Gasteiger partial charge on any atom is -0.479 e. The molecule has 0 fully saturated rings. The lowest BCUT2D eigenvalue weighted by Crippen LogP contribution is -2.27. The Morgan fingerprint density at radius 3 is 2.63 bits per heavy atom. The summed E-state index contributed by atoms with van der Waals surface area (Å²) in [6.45, 7) is 6.89. The number of rotatable bonds is 8. The van der Waals surface area contributed by atoms with Gasteiger partial charge in [-0.1, -0.05) is 32.0 Å². The SMILES string of the molecule is CCCNC(C)c1ccccc1OC(CC)C(=O)O. The number of ether oxygens (including phenoxy) is 1. The van der Waals surface area contributed by atoms with Gasteiger partial charge in [-0.3, -0.25) is 0 Å². The molecule has 0 radical (unpaired) electrons. The average molecular weight is 265 g/mol. The summed E-state index contributed by atoms with van der Waals surface area (Å²) >= 11 is 0. The lowest BCUT2D eigenvalue weighted by molar-refractivity contribution is -0.145. The Kier molecular flexibility index (Phi) is 6.36. The molecule has 0 aliphatic carbocycles. The maximum atomic E-state index is 11.0. The number of carbonyl (C=O) groups is 1. The summed E-state index contributed by atoms with van der Waals surface area (Å²) < 4.78 is 5.62. The summed E-state index contributed by atoms with van der Waals surface area (Å²) in [6, 6.07) is 7.73. The number of carboxylic acids is 1. The van der Waals surface area contributed by atoms with Gasteiger partial charge in [0, 0.05) is 11.6 Å². The van der Waals surface area contributed by atoms with Crippen LogP contribution in [-0.4, -0.2) is 23.7 Å². The van der Waals surface area contributed by atoms with Gasteiger partial charge in [0.2, 0.25) is 0 Å². The second-order valence-electron chi connectivity index (χ2n) is 4.57. The van der Waals surface area contributed by atoms with Gasteiger partial charge in [0.15, 0.2) is 6.10 Å². The third-order valence-electron chi connectivity index (χ3n) is 3.00. The van der Waals surface area contributed by atoms with Crippen molar-refractivity contribution in [3.63, 3.8) is 0 Å². The molecule has 0 aliphatic rings. The molecular formula is C15H23NO3. The lowest BCUT2D eigenvalue weighted by atomic mass is 10.1. The van der Waals surface area contributed by atoms with Crippen molar-refractivity contribution >= 4 is 5.97 Å². The summed E-state index contributed by atoms with van der Waals surface area (Å²) in [5.74, 6) is -0.278. The summed E-state index contributed by atoms with van der Waals surface area (Å²) in [7, 11) is 0. The van der Waals surface area contributed by atoms with E-state index in [1.807, 2.05) is 24.3 Å². The molecule has 19 heavy (non-hydrogen) atoms. The van der Waals surface area contributed by atoms with Crippen LogP contribution < -0.4 is 10.1 Å². The number of hydrogen-bond donors (Lipinski definition) is 2. The van der Waals surface area contributed by atoms with Crippen LogP contribution in [0.5, 0.6) is 5.75 Å². The van der Waals surface area contributed by atoms with Crippen molar-refractivity contribution in [2.24, 2.45) is 0 Å². The molecule has 0 aromatic heterocycles. The second kappa shape index (κ2) is 7.79. The lowest BCUT2D eigenvalue weighted by Gasteiger charge is -2.20. The third-order valence-corrected chi connectivity index (χ3v) is 3.00. The largest absolute Gasteiger partial charge is 0.479 e. The predicted molar refractivity (Wildman–Crippen MR) is 75.5 cm³/mol. The molecule has 2 atom stereocenters. The van der Waals surface area contributed by atoms with Crippen molar-refractivity contribution in [1.29, 1.82) is 0 Å². The van der Waals surface area contributed by atoms with Gasteiger partial charge in [0.05, 0.1) is 0 Å². The first kappa shape index (κ1) is 15.5. The van der Waals surface area contributed by atoms with Gasteiger partial charge in [-0.15, -0.1) is 0 Å². The van der Waals surface area contributed by atoms with Crippen LogP contribution in [0, 0.1) is 0 Å². The molecule has 0 spiro atoms. The van der Waals surface area contributed by atoms with E-state index >= 15 is 0 Å². The Morgan fingerprint density at radius 2 is 2.05 bits per heavy atom. The molecule has 1 rings (SSSR count). The van der Waals surface area contributed by atoms with Crippen molar-refractivity contribution < 1.29 is 14.6 Å². The van der Waals surface area contributed by atoms with Crippen molar-refractivity contribution in [3.8, 4) is 5.75 Å². The van der Waals surface area contributed by atoms with Gasteiger partial charge >= 0.3 is 5.97 Å². The Balaban J connectivity index is 2.85. The van der Waals surface area contributed by atoms with Crippen LogP contribution in [0.2, 0.25) is 0 Å². The predicted octanol–water partition coefficient (Wildman–Crippen LogP) is 2.99. The molecule has 1 aromatic rings. The zero-order valence-corrected chi connectivity index (χ0v) is 11.8. The number of benzene rings is 1. The molecule has 0 amide bonds. The molecule has 0 saturated heterocycles. The number of para-hydroxylation sites is 1. The fourth-order valence-corrected chi connectivity index (χ4v) is 1.88. The summed E-state index contributed by atoms with van der Waals surface area (Å²) in [5, 5.41) is 12.4. The quantitative estimate of drug-likeness (QED) is 0.758. The van der Waals surface area contributed by atoms with E-state index in [4.69, 9.17) is 9.84 Å². The van der Waals surface area contributed by atoms with E-state index in [-0.39, 0.29) is 6.04 Å². The minimum absolute atomic E-state index is 0.141. The van der Waals surface area contributed by atoms with Crippen LogP contribution in [0.15, 0.2) is 24.3 Å². The first-order valence-corrected chi connectivity index (χ1v) is 6.81. The van der Waals surface area contributed by atoms with Gasteiger partial charge in [-0.2, -0.15) is 0 Å². The Morgan fingerprint density at radius 1 is 1.37 bits per heavy atom. The van der Waals surface area contributed by atoms with Gasteiger partial charge in [-0.25, -0.2) is 4.79 Å². The molecule has 1 aromatic carbocycles. The number of aliphatic carboxylic acids is 1. The van der Waals surface area contributed by atoms with Gasteiger partial charge < -0.3 is 15.2 Å². The Bertz CT molecular complexity index is 406. The van der Waals surface area contributed by atoms with Crippen LogP contribution in [0.25, 0.3) is 0 Å². The molecule has 0 aliphatic heterocycles. The molecule has 0 bridgehead atoms. The molecule has 0 saturated carbocycles. The summed E-state index contributed by atoms with van der Waals surface area (Å²) in [5.41, 5.74) is 0.996. The maximum absolute atomic E-state index is 11.0. The Hall–Kier alpha value is -1.55. The van der Waals surface area contributed by atoms with E-state index in [0.717, 1.165) is 18.5 Å². The van der Waals surface area contributed by atoms with E-state index in [1.165, 1.54) is 0 Å². The number of carboxylic acid groups (broad SMARTS) is 1. The fraction of sp³-hybridized carbons (Fsp3) is 0.533. The second-order valence-corrected chi connectivity index (χ2v) is 4.57. The Labute approximate surface area is 114 Å². The van der Waals surface area contributed by atoms with Crippen molar-refractivity contribution in [2.75, 3.05) is 6.54 Å². The highest BCUT2D eigenvalue weighted by molar-refractivity contribution is 5.72. The molecule has 106 valence electrons. The molecular weight excluding hydrogens is 242 g/mol. The van der Waals surface area contributed by atoms with E-state index in [1.54, 1.807) is 6.92 Å². The highest BCUT2D eigenvalue weighted by Gasteiger charge is 2.19. The number of nitrogens with one attached hydrogen (secondary N) is 1. The van der Waals surface area contributed by atoms with Crippen LogP contribution in [0.4, 0.5) is 0 Å². The van der Waals surface area contributed by atoms with Gasteiger partial charge in [-0.05, 0) is 32.4 Å². The first-order valence-electron chi connectivity index (χ1n) is 6.81. The standard InChI is InChI=1S/C15H23NO3/c1-4-10-16-11(3)12-8-6-7-9-14(12)19-13(5-2)15(17)18/h6-9,11,13,16H,4-5,10H2,1-3H3,(H,17,18). The molecule has 2 N–H and O–H groups in total. The van der Waals surface area contributed by atoms with Crippen molar-refractivity contribution in [2.45, 2.75) is 45.8 Å². The smallest absolute Gasteiger partial charge is 0.344 e. The normalized spacial score (nSPS) is 13.8. The summed E-state index contributed by atoms with van der Waals surface area (Å²) in [4.78, 5) is 11.0. The minimum atomic E-state index is -0.925. The molecule has 4 nitrogen and oxygen atoms in total. The summed E-state index contributed by atoms with van der Waals surface area (Å²) in [6.07, 6.45) is 0.708. The van der Waals surface area contributed by atoms with Crippen LogP contribution in [-0.2, 0) is 4.79 Å². The van der Waals surface area contributed by atoms with Crippen LogP contribution in [0.1, 0.15) is 45.2 Å². The number of hydrogen-bond acceptors (Lipinski definition) is 3. The van der Waals surface area contributed by atoms with Gasteiger partial charge in [0.1, 0.15) is 5.75 Å². The van der Waals surface area contributed by atoms with E-state index in [0.29, 0.717) is 12.2 Å². The fourth-order valence-electron chi connectivity index (χ4n) is 1.88. The topological polar surface area (TPSA) is 58.6 Å². The first-order chi connectivity index (χ1) is 9.10. The van der Waals surface area contributed by atoms with E-state index < -0.39 is 12.1 Å². The van der Waals surface area contributed by atoms with Crippen LogP contribution in [0.3, 0.4) is 0 Å². The van der Waals surface area contributed by atoms with Crippen LogP contribution >= 0.6 is 0 Å². The third kappa shape index (κ3) is 4.56. The highest BCUT2D eigenvalue weighted by atomic mass is 16.5. The maximum Gasteiger partial charge on any atom is 0.344 e. The van der Waals surface area contributed by atoms with E-state index in [9.17, 15) is 4.79 Å². The van der Waals surface area contributed by atoms with Crippen molar-refractivity contribution in [1.82, 2.24) is 5.32 Å². The monoisotopic (exact) mass is 265 g/mol. The van der Waals surface area contributed by atoms with E-state index in [2.05, 4.69) is 19.2 Å². The zero-order valence-electron chi connectivity index (χ0n) is 11.8. The molecule has 4 heteroatoms. The molecule has 0 heterocycles. The van der Waals surface area contributed by atoms with Crippen molar-refractivity contribution in [3.05, 3.63) is 29.8 Å². The highest BCUT2D eigenvalue weighted by Crippen LogP contribution is 2.26. The van der Waals surface area contributed by atoms with Gasteiger partial charge in [0.25, 0.3) is 0 Å². The average Bonchev–Trinajstić information content (AvgIpc) is 2.42. The zero-order chi connectivity index (χ0) is 14.3.